The van der Waals surface area contributed by atoms with Crippen LogP contribution >= 0.6 is 35.4 Å². The highest BCUT2D eigenvalue weighted by Crippen LogP contribution is 2.16. The molecule has 2 rings (SSSR count). The molecule has 2 amide bonds. The number of rotatable bonds is 3. The molecule has 0 aliphatic rings. The summed E-state index contributed by atoms with van der Waals surface area (Å²) >= 11 is 16.7. The van der Waals surface area contributed by atoms with Crippen LogP contribution in [0.15, 0.2) is 54.6 Å². The van der Waals surface area contributed by atoms with Crippen LogP contribution < -0.4 is 16.2 Å². The molecule has 0 bridgehead atoms. The molecule has 2 aromatic carbocycles. The molecular weight excluding hydrogens is 381 g/mol. The van der Waals surface area contributed by atoms with Crippen LogP contribution in [0.5, 0.6) is 0 Å². The molecule has 8 heteroatoms. The first-order valence-corrected chi connectivity index (χ1v) is 8.21. The Morgan fingerprint density at radius 1 is 0.960 bits per heavy atom. The van der Waals surface area contributed by atoms with Crippen LogP contribution in [0.3, 0.4) is 0 Å². The highest BCUT2D eigenvalue weighted by Gasteiger charge is 2.06. The zero-order chi connectivity index (χ0) is 18.2. The Morgan fingerprint density at radius 3 is 2.32 bits per heavy atom. The minimum Gasteiger partial charge on any atom is -0.298 e. The summed E-state index contributed by atoms with van der Waals surface area (Å²) in [6.45, 7) is 0. The van der Waals surface area contributed by atoms with Crippen LogP contribution in [0.25, 0.3) is 6.08 Å². The number of carbonyl (C=O) groups is 2. The van der Waals surface area contributed by atoms with Crippen molar-refractivity contribution < 1.29 is 9.59 Å². The lowest BCUT2D eigenvalue weighted by Crippen LogP contribution is -2.48. The second kappa shape index (κ2) is 9.17. The predicted molar refractivity (Wildman–Crippen MR) is 103 cm³/mol. The summed E-state index contributed by atoms with van der Waals surface area (Å²) in [4.78, 5) is 23.7. The molecule has 0 fully saturated rings. The molecule has 0 saturated heterocycles. The van der Waals surface area contributed by atoms with E-state index < -0.39 is 11.8 Å². The summed E-state index contributed by atoms with van der Waals surface area (Å²) < 4.78 is 0. The number of hydrogen-bond acceptors (Lipinski definition) is 3. The van der Waals surface area contributed by atoms with Gasteiger partial charge in [-0.3, -0.25) is 25.8 Å². The third kappa shape index (κ3) is 6.19. The summed E-state index contributed by atoms with van der Waals surface area (Å²) in [5, 5.41) is 3.41. The van der Waals surface area contributed by atoms with E-state index in [1.165, 1.54) is 6.08 Å². The monoisotopic (exact) mass is 393 g/mol. The quantitative estimate of drug-likeness (QED) is 0.424. The number of halogens is 2. The van der Waals surface area contributed by atoms with Crippen molar-refractivity contribution in [1.82, 2.24) is 16.2 Å². The van der Waals surface area contributed by atoms with Crippen LogP contribution in [0.2, 0.25) is 10.0 Å². The maximum atomic E-state index is 11.9. The first kappa shape index (κ1) is 18.9. The van der Waals surface area contributed by atoms with Crippen molar-refractivity contribution >= 4 is 58.4 Å². The zero-order valence-corrected chi connectivity index (χ0v) is 15.1. The first-order chi connectivity index (χ1) is 12.0. The van der Waals surface area contributed by atoms with Gasteiger partial charge in [0, 0.05) is 21.7 Å². The number of carbonyl (C=O) groups excluding carboxylic acids is 2. The van der Waals surface area contributed by atoms with Crippen molar-refractivity contribution in [3.8, 4) is 0 Å². The molecule has 0 atom stereocenters. The fourth-order valence-electron chi connectivity index (χ4n) is 1.75. The SMILES string of the molecule is O=C(C=Cc1ccccc1Cl)NC(=S)NNC(=O)c1ccc(Cl)cc1. The lowest BCUT2D eigenvalue weighted by atomic mass is 10.2. The van der Waals surface area contributed by atoms with E-state index in [9.17, 15) is 9.59 Å². The highest BCUT2D eigenvalue weighted by atomic mass is 35.5. The molecule has 0 aliphatic heterocycles. The van der Waals surface area contributed by atoms with E-state index in [2.05, 4.69) is 16.2 Å². The summed E-state index contributed by atoms with van der Waals surface area (Å²) in [6, 6.07) is 13.4. The highest BCUT2D eigenvalue weighted by molar-refractivity contribution is 7.80. The zero-order valence-electron chi connectivity index (χ0n) is 12.8. The number of hydrazine groups is 1. The van der Waals surface area contributed by atoms with Gasteiger partial charge in [0.1, 0.15) is 0 Å². The van der Waals surface area contributed by atoms with Crippen molar-refractivity contribution in [3.05, 3.63) is 75.8 Å². The van der Waals surface area contributed by atoms with E-state index in [1.807, 2.05) is 6.07 Å². The Hall–Kier alpha value is -2.41. The molecule has 2 aromatic rings. The van der Waals surface area contributed by atoms with Gasteiger partial charge < -0.3 is 0 Å². The van der Waals surface area contributed by atoms with Crippen LogP contribution in [0.4, 0.5) is 0 Å². The van der Waals surface area contributed by atoms with E-state index >= 15 is 0 Å². The second-order valence-electron chi connectivity index (χ2n) is 4.76. The largest absolute Gasteiger partial charge is 0.298 e. The van der Waals surface area contributed by atoms with Gasteiger partial charge in [0.25, 0.3) is 5.91 Å². The Morgan fingerprint density at radius 2 is 1.64 bits per heavy atom. The summed E-state index contributed by atoms with van der Waals surface area (Å²) in [6.07, 6.45) is 2.85. The molecule has 128 valence electrons. The Labute approximate surface area is 160 Å². The van der Waals surface area contributed by atoms with E-state index in [0.29, 0.717) is 21.2 Å². The third-order valence-electron chi connectivity index (χ3n) is 2.95. The molecule has 0 heterocycles. The lowest BCUT2D eigenvalue weighted by molar-refractivity contribution is -0.115. The standard InChI is InChI=1S/C17H13Cl2N3O2S/c18-13-8-5-12(6-9-13)16(24)21-22-17(25)20-15(23)10-7-11-3-1-2-4-14(11)19/h1-10H,(H,21,24)(H2,20,22,23,25). The molecule has 0 aliphatic carbocycles. The van der Waals surface area contributed by atoms with Crippen molar-refractivity contribution in [3.63, 3.8) is 0 Å². The Balaban J connectivity index is 1.81. The van der Waals surface area contributed by atoms with Gasteiger partial charge in [-0.05, 0) is 54.2 Å². The fraction of sp³-hybridized carbons (Fsp3) is 0. The van der Waals surface area contributed by atoms with E-state index in [4.69, 9.17) is 35.4 Å². The molecule has 25 heavy (non-hydrogen) atoms. The first-order valence-electron chi connectivity index (χ1n) is 7.05. The van der Waals surface area contributed by atoms with E-state index in [-0.39, 0.29) is 5.11 Å². The molecule has 0 spiro atoms. The smallest absolute Gasteiger partial charge is 0.269 e. The van der Waals surface area contributed by atoms with Crippen LogP contribution in [-0.2, 0) is 4.79 Å². The third-order valence-corrected chi connectivity index (χ3v) is 3.75. The number of nitrogens with one attached hydrogen (secondary N) is 3. The molecule has 5 nitrogen and oxygen atoms in total. The number of amides is 2. The van der Waals surface area contributed by atoms with Gasteiger partial charge in [0.15, 0.2) is 5.11 Å². The normalized spacial score (nSPS) is 10.3. The van der Waals surface area contributed by atoms with Gasteiger partial charge in [-0.1, -0.05) is 41.4 Å². The van der Waals surface area contributed by atoms with E-state index in [0.717, 1.165) is 0 Å². The van der Waals surface area contributed by atoms with Crippen LogP contribution in [0.1, 0.15) is 15.9 Å². The van der Waals surface area contributed by atoms with Crippen molar-refractivity contribution in [2.75, 3.05) is 0 Å². The van der Waals surface area contributed by atoms with Crippen LogP contribution in [-0.4, -0.2) is 16.9 Å². The van der Waals surface area contributed by atoms with Crippen molar-refractivity contribution in [2.24, 2.45) is 0 Å². The summed E-state index contributed by atoms with van der Waals surface area (Å²) in [5.74, 6) is -0.877. The maximum absolute atomic E-state index is 11.9. The average molecular weight is 394 g/mol. The van der Waals surface area contributed by atoms with Gasteiger partial charge >= 0.3 is 0 Å². The minimum atomic E-state index is -0.460. The predicted octanol–water partition coefficient (Wildman–Crippen LogP) is 3.34. The van der Waals surface area contributed by atoms with Gasteiger partial charge in [-0.15, -0.1) is 0 Å². The average Bonchev–Trinajstić information content (AvgIpc) is 2.59. The van der Waals surface area contributed by atoms with Crippen LogP contribution in [0, 0.1) is 0 Å². The molecular formula is C17H13Cl2N3O2S. The van der Waals surface area contributed by atoms with Gasteiger partial charge in [0.2, 0.25) is 5.91 Å². The fourth-order valence-corrected chi connectivity index (χ4v) is 2.22. The van der Waals surface area contributed by atoms with Crippen molar-refractivity contribution in [1.29, 1.82) is 0 Å². The lowest BCUT2D eigenvalue weighted by Gasteiger charge is -2.09. The molecule has 0 radical (unpaired) electrons. The molecule has 0 aromatic heterocycles. The number of benzene rings is 2. The second-order valence-corrected chi connectivity index (χ2v) is 6.01. The molecule has 0 unspecified atom stereocenters. The van der Waals surface area contributed by atoms with Gasteiger partial charge in [0.05, 0.1) is 0 Å². The number of thiocarbonyl (C=S) groups is 1. The molecule has 3 N–H and O–H groups in total. The topological polar surface area (TPSA) is 70.2 Å². The Kier molecular flexibility index (Phi) is 6.94. The Bertz CT molecular complexity index is 823. The summed E-state index contributed by atoms with van der Waals surface area (Å²) in [5.41, 5.74) is 5.91. The molecule has 0 saturated carbocycles. The van der Waals surface area contributed by atoms with Gasteiger partial charge in [-0.2, -0.15) is 0 Å². The van der Waals surface area contributed by atoms with E-state index in [1.54, 1.807) is 48.5 Å². The van der Waals surface area contributed by atoms with Crippen molar-refractivity contribution in [2.45, 2.75) is 0 Å². The van der Waals surface area contributed by atoms with Gasteiger partial charge in [-0.25, -0.2) is 0 Å². The minimum absolute atomic E-state index is 0.0453. The number of hydrogen-bond donors (Lipinski definition) is 3. The maximum Gasteiger partial charge on any atom is 0.269 e. The summed E-state index contributed by atoms with van der Waals surface area (Å²) in [7, 11) is 0.